The Morgan fingerprint density at radius 1 is 1.19 bits per heavy atom. The number of amides is 1. The molecule has 11 heteroatoms. The molecule has 1 amide bonds. The minimum Gasteiger partial charge on any atom is -0.444 e. The van der Waals surface area contributed by atoms with Crippen molar-refractivity contribution in [2.24, 2.45) is 0 Å². The van der Waals surface area contributed by atoms with Crippen molar-refractivity contribution in [1.29, 1.82) is 0 Å². The normalized spacial score (nSPS) is 20.9. The zero-order valence-electron chi connectivity index (χ0n) is 17.5. The molecule has 2 aromatic rings. The van der Waals surface area contributed by atoms with Crippen molar-refractivity contribution in [3.63, 3.8) is 0 Å². The Morgan fingerprint density at radius 3 is 2.58 bits per heavy atom. The van der Waals surface area contributed by atoms with Gasteiger partial charge in [-0.25, -0.2) is 9.78 Å². The summed E-state index contributed by atoms with van der Waals surface area (Å²) in [7, 11) is 0. The Bertz CT molecular complexity index is 1010. The highest BCUT2D eigenvalue weighted by molar-refractivity contribution is 5.69. The average molecular weight is 439 g/mol. The van der Waals surface area contributed by atoms with Gasteiger partial charge in [-0.1, -0.05) is 0 Å². The van der Waals surface area contributed by atoms with E-state index >= 15 is 0 Å². The van der Waals surface area contributed by atoms with Crippen LogP contribution in [0.15, 0.2) is 18.3 Å². The monoisotopic (exact) mass is 439 g/mol. The molecule has 0 saturated carbocycles. The molecule has 0 aromatic carbocycles. The van der Waals surface area contributed by atoms with Gasteiger partial charge < -0.3 is 20.1 Å². The number of carbonyl (C=O) groups is 1. The molecule has 1 spiro atoms. The van der Waals surface area contributed by atoms with Crippen LogP contribution in [0.1, 0.15) is 39.3 Å². The summed E-state index contributed by atoms with van der Waals surface area (Å²) in [5.74, 6) is -0.919. The van der Waals surface area contributed by atoms with Crippen LogP contribution in [0.5, 0.6) is 5.75 Å². The predicted octanol–water partition coefficient (Wildman–Crippen LogP) is 3.71. The van der Waals surface area contributed by atoms with Gasteiger partial charge in [-0.05, 0) is 45.7 Å². The fourth-order valence-corrected chi connectivity index (χ4v) is 4.17. The summed E-state index contributed by atoms with van der Waals surface area (Å²) in [6, 6.07) is 3.03. The van der Waals surface area contributed by atoms with Crippen LogP contribution in [0, 0.1) is 0 Å². The zero-order valence-corrected chi connectivity index (χ0v) is 17.5. The van der Waals surface area contributed by atoms with Crippen LogP contribution in [0.25, 0.3) is 11.3 Å². The number of aryl methyl sites for hydroxylation is 1. The first-order chi connectivity index (χ1) is 14.4. The van der Waals surface area contributed by atoms with Gasteiger partial charge in [0.05, 0.1) is 5.69 Å². The van der Waals surface area contributed by atoms with Crippen molar-refractivity contribution in [1.82, 2.24) is 19.7 Å². The Hall–Kier alpha value is -2.98. The highest BCUT2D eigenvalue weighted by atomic mass is 19.4. The van der Waals surface area contributed by atoms with E-state index < -0.39 is 17.7 Å². The minimum atomic E-state index is -4.87. The zero-order chi connectivity index (χ0) is 22.6. The maximum atomic E-state index is 12.6. The molecule has 0 radical (unpaired) electrons. The number of likely N-dealkylation sites (tertiary alicyclic amines) is 1. The number of nitrogens with two attached hydrogens (primary N) is 1. The van der Waals surface area contributed by atoms with Crippen LogP contribution in [0.2, 0.25) is 0 Å². The topological polar surface area (TPSA) is 95.5 Å². The van der Waals surface area contributed by atoms with Crippen molar-refractivity contribution >= 4 is 11.9 Å². The molecule has 31 heavy (non-hydrogen) atoms. The van der Waals surface area contributed by atoms with Crippen molar-refractivity contribution in [3.05, 3.63) is 24.0 Å². The number of alkyl halides is 3. The highest BCUT2D eigenvalue weighted by Crippen LogP contribution is 2.44. The molecule has 1 atom stereocenters. The lowest BCUT2D eigenvalue weighted by Gasteiger charge is -2.26. The molecule has 4 rings (SSSR count). The van der Waals surface area contributed by atoms with Gasteiger partial charge >= 0.3 is 12.5 Å². The van der Waals surface area contributed by atoms with E-state index in [1.807, 2.05) is 31.5 Å². The number of nitrogen functional groups attached to an aromatic ring is 1. The second kappa shape index (κ2) is 7.03. The second-order valence-electron chi connectivity index (χ2n) is 8.98. The summed E-state index contributed by atoms with van der Waals surface area (Å²) in [4.78, 5) is 18.0. The number of anilines is 1. The third-order valence-corrected chi connectivity index (χ3v) is 5.53. The molecule has 4 heterocycles. The van der Waals surface area contributed by atoms with Crippen molar-refractivity contribution < 1.29 is 27.4 Å². The van der Waals surface area contributed by atoms with E-state index in [0.717, 1.165) is 18.5 Å². The third-order valence-electron chi connectivity index (χ3n) is 5.53. The quantitative estimate of drug-likeness (QED) is 0.767. The number of rotatable bonds is 2. The predicted molar refractivity (Wildman–Crippen MR) is 105 cm³/mol. The van der Waals surface area contributed by atoms with Crippen molar-refractivity contribution in [2.75, 3.05) is 18.8 Å². The van der Waals surface area contributed by atoms with E-state index in [4.69, 9.17) is 10.5 Å². The van der Waals surface area contributed by atoms with Gasteiger partial charge in [0, 0.05) is 42.5 Å². The number of halogens is 3. The number of carbonyl (C=O) groups excluding carboxylic acids is 1. The summed E-state index contributed by atoms with van der Waals surface area (Å²) in [5, 5.41) is 4.54. The number of fused-ring (bicyclic) bond motifs is 2. The van der Waals surface area contributed by atoms with Crippen LogP contribution in [-0.4, -0.2) is 50.8 Å². The molecule has 8 nitrogen and oxygen atoms in total. The van der Waals surface area contributed by atoms with Crippen molar-refractivity contribution in [3.8, 4) is 17.0 Å². The summed E-state index contributed by atoms with van der Waals surface area (Å²) in [6.45, 7) is 7.21. The van der Waals surface area contributed by atoms with Gasteiger partial charge in [-0.15, -0.1) is 13.2 Å². The highest BCUT2D eigenvalue weighted by Gasteiger charge is 2.47. The minimum absolute atomic E-state index is 0.255. The summed E-state index contributed by atoms with van der Waals surface area (Å²) in [5.41, 5.74) is 6.48. The molecule has 1 fully saturated rings. The Labute approximate surface area is 177 Å². The first kappa shape index (κ1) is 21.3. The van der Waals surface area contributed by atoms with Crippen LogP contribution >= 0.6 is 0 Å². The molecule has 1 saturated heterocycles. The second-order valence-corrected chi connectivity index (χ2v) is 8.98. The average Bonchev–Trinajstić information content (AvgIpc) is 3.31. The van der Waals surface area contributed by atoms with Crippen molar-refractivity contribution in [2.45, 2.75) is 57.5 Å². The van der Waals surface area contributed by atoms with Crippen LogP contribution in [0.3, 0.4) is 0 Å². The lowest BCUT2D eigenvalue weighted by molar-refractivity contribution is -0.274. The molecule has 2 aromatic heterocycles. The largest absolute Gasteiger partial charge is 0.573 e. The SMILES string of the molecule is CC(C)(C)OC(=O)N1CCC2(CCn3nc(-c4cnc(N)c(OC(F)(F)F)c4)cc32)C1. The number of aromatic nitrogens is 3. The van der Waals surface area contributed by atoms with E-state index in [0.29, 0.717) is 30.9 Å². The summed E-state index contributed by atoms with van der Waals surface area (Å²) < 4.78 is 49.2. The number of pyridine rings is 1. The fourth-order valence-electron chi connectivity index (χ4n) is 4.17. The van der Waals surface area contributed by atoms with Gasteiger partial charge in [0.25, 0.3) is 0 Å². The molecule has 2 aliphatic heterocycles. The van der Waals surface area contributed by atoms with Crippen LogP contribution < -0.4 is 10.5 Å². The Balaban J connectivity index is 1.58. The lowest BCUT2D eigenvalue weighted by Crippen LogP contribution is -2.37. The first-order valence-electron chi connectivity index (χ1n) is 9.93. The summed E-state index contributed by atoms with van der Waals surface area (Å²) >= 11 is 0. The number of hydrogen-bond acceptors (Lipinski definition) is 6. The molecule has 2 aliphatic rings. The Kier molecular flexibility index (Phi) is 4.82. The van der Waals surface area contributed by atoms with Crippen LogP contribution in [-0.2, 0) is 16.7 Å². The fraction of sp³-hybridized carbons (Fsp3) is 0.550. The molecule has 168 valence electrons. The number of hydrogen-bond donors (Lipinski definition) is 1. The molecule has 2 N–H and O–H groups in total. The standard InChI is InChI=1S/C20H24F3N5O3/c1-18(2,3)31-17(29)27-6-4-19(11-27)5-7-28-15(19)9-13(26-28)12-8-14(16(24)25-10-12)30-20(21,22)23/h8-10H,4-7,11H2,1-3H3,(H2,24,25). The molecule has 0 aliphatic carbocycles. The van der Waals surface area contributed by atoms with Gasteiger partial charge in [0.2, 0.25) is 0 Å². The molecular weight excluding hydrogens is 415 g/mol. The lowest BCUT2D eigenvalue weighted by atomic mass is 9.82. The van der Waals surface area contributed by atoms with E-state index in [1.54, 1.807) is 4.90 Å². The van der Waals surface area contributed by atoms with E-state index in [-0.39, 0.29) is 17.3 Å². The maximum absolute atomic E-state index is 12.6. The third kappa shape index (κ3) is 4.26. The number of nitrogens with zero attached hydrogens (tertiary/aromatic N) is 4. The smallest absolute Gasteiger partial charge is 0.444 e. The number of ether oxygens (including phenoxy) is 2. The van der Waals surface area contributed by atoms with Gasteiger partial charge in [0.1, 0.15) is 5.60 Å². The van der Waals surface area contributed by atoms with Gasteiger partial charge in [0.15, 0.2) is 11.6 Å². The van der Waals surface area contributed by atoms with Gasteiger partial charge in [-0.2, -0.15) is 5.10 Å². The van der Waals surface area contributed by atoms with E-state index in [1.165, 1.54) is 12.3 Å². The molecular formula is C20H24F3N5O3. The molecule has 1 unspecified atom stereocenters. The van der Waals surface area contributed by atoms with E-state index in [9.17, 15) is 18.0 Å². The Morgan fingerprint density at radius 2 is 1.90 bits per heavy atom. The van der Waals surface area contributed by atoms with E-state index in [2.05, 4.69) is 14.8 Å². The van der Waals surface area contributed by atoms with Crippen LogP contribution in [0.4, 0.5) is 23.8 Å². The maximum Gasteiger partial charge on any atom is 0.573 e. The summed E-state index contributed by atoms with van der Waals surface area (Å²) in [6.07, 6.45) is -2.26. The molecule has 0 bridgehead atoms. The first-order valence-corrected chi connectivity index (χ1v) is 9.93. The van der Waals surface area contributed by atoms with Gasteiger partial charge in [-0.3, -0.25) is 4.68 Å².